The molecule has 0 aliphatic carbocycles. The van der Waals surface area contributed by atoms with Crippen molar-refractivity contribution in [1.82, 2.24) is 15.3 Å². The minimum atomic E-state index is -0.792. The molecule has 138 valence electrons. The molecule has 0 radical (unpaired) electrons. The molecule has 3 rings (SSSR count). The molecule has 1 atom stereocenters. The Morgan fingerprint density at radius 2 is 1.92 bits per heavy atom. The van der Waals surface area contributed by atoms with Crippen LogP contribution in [0.3, 0.4) is 0 Å². The topological polar surface area (TPSA) is 78.4 Å². The Labute approximate surface area is 149 Å². The van der Waals surface area contributed by atoms with E-state index < -0.39 is 17.0 Å². The van der Waals surface area contributed by atoms with Crippen LogP contribution in [0.25, 0.3) is 0 Å². The summed E-state index contributed by atoms with van der Waals surface area (Å²) >= 11 is 0. The summed E-state index contributed by atoms with van der Waals surface area (Å²) in [4.78, 5) is 23.1. The van der Waals surface area contributed by atoms with Crippen LogP contribution in [0.4, 0.5) is 14.7 Å². The second-order valence-corrected chi connectivity index (χ2v) is 6.43. The van der Waals surface area contributed by atoms with E-state index in [0.717, 1.165) is 6.07 Å². The van der Waals surface area contributed by atoms with Gasteiger partial charge in [0.05, 0.1) is 5.41 Å². The van der Waals surface area contributed by atoms with Gasteiger partial charge in [-0.3, -0.25) is 4.79 Å². The summed E-state index contributed by atoms with van der Waals surface area (Å²) in [6.45, 7) is 0.848. The van der Waals surface area contributed by atoms with Crippen molar-refractivity contribution >= 4 is 11.9 Å². The van der Waals surface area contributed by atoms with Crippen molar-refractivity contribution in [3.63, 3.8) is 0 Å². The van der Waals surface area contributed by atoms with Gasteiger partial charge in [-0.25, -0.2) is 18.7 Å². The van der Waals surface area contributed by atoms with Crippen LogP contribution in [-0.4, -0.2) is 40.7 Å². The Morgan fingerprint density at radius 3 is 2.58 bits per heavy atom. The van der Waals surface area contributed by atoms with Crippen LogP contribution < -0.4 is 10.2 Å². The van der Waals surface area contributed by atoms with Crippen molar-refractivity contribution in [2.75, 3.05) is 24.6 Å². The quantitative estimate of drug-likeness (QED) is 0.817. The largest absolute Gasteiger partial charge is 0.396 e. The van der Waals surface area contributed by atoms with Crippen molar-refractivity contribution in [3.8, 4) is 0 Å². The molecule has 1 unspecified atom stereocenters. The molecule has 1 saturated heterocycles. The number of aliphatic hydroxyl groups excluding tert-OH is 1. The predicted octanol–water partition coefficient (Wildman–Crippen LogP) is 1.65. The monoisotopic (exact) mass is 362 g/mol. The molecule has 1 fully saturated rings. The molecule has 1 aliphatic heterocycles. The number of hydrogen-bond donors (Lipinski definition) is 2. The average Bonchev–Trinajstić information content (AvgIpc) is 3.05. The van der Waals surface area contributed by atoms with E-state index in [4.69, 9.17) is 0 Å². The summed E-state index contributed by atoms with van der Waals surface area (Å²) in [7, 11) is 0. The summed E-state index contributed by atoms with van der Waals surface area (Å²) in [6, 6.07) is 4.86. The highest BCUT2D eigenvalue weighted by Crippen LogP contribution is 2.35. The Morgan fingerprint density at radius 1 is 1.23 bits per heavy atom. The number of benzene rings is 1. The highest BCUT2D eigenvalue weighted by Gasteiger charge is 2.44. The number of nitrogens with one attached hydrogen (secondary N) is 1. The van der Waals surface area contributed by atoms with E-state index in [0.29, 0.717) is 37.4 Å². The van der Waals surface area contributed by atoms with Gasteiger partial charge in [0.25, 0.3) is 0 Å². The first-order valence-corrected chi connectivity index (χ1v) is 8.38. The summed E-state index contributed by atoms with van der Waals surface area (Å²) in [6.07, 6.45) is 4.09. The zero-order valence-corrected chi connectivity index (χ0v) is 14.2. The van der Waals surface area contributed by atoms with Crippen molar-refractivity contribution in [2.24, 2.45) is 5.41 Å². The fourth-order valence-electron chi connectivity index (χ4n) is 3.30. The molecule has 0 saturated carbocycles. The molecule has 0 spiro atoms. The van der Waals surface area contributed by atoms with Crippen molar-refractivity contribution in [2.45, 2.75) is 19.4 Å². The van der Waals surface area contributed by atoms with Crippen molar-refractivity contribution in [1.29, 1.82) is 0 Å². The molecular formula is C18H20F2N4O2. The maximum atomic E-state index is 13.3. The smallest absolute Gasteiger partial charge is 0.228 e. The van der Waals surface area contributed by atoms with Gasteiger partial charge in [-0.2, -0.15) is 0 Å². The van der Waals surface area contributed by atoms with Gasteiger partial charge < -0.3 is 15.3 Å². The van der Waals surface area contributed by atoms with E-state index in [2.05, 4.69) is 15.3 Å². The first-order valence-electron chi connectivity index (χ1n) is 8.38. The zero-order valence-electron chi connectivity index (χ0n) is 14.2. The van der Waals surface area contributed by atoms with Crippen LogP contribution in [0.15, 0.2) is 36.7 Å². The molecule has 8 heteroatoms. The molecule has 2 N–H and O–H groups in total. The third kappa shape index (κ3) is 3.96. The Kier molecular flexibility index (Phi) is 5.41. The number of hydrogen-bond acceptors (Lipinski definition) is 5. The van der Waals surface area contributed by atoms with E-state index in [9.17, 15) is 18.7 Å². The van der Waals surface area contributed by atoms with Gasteiger partial charge in [0.15, 0.2) is 0 Å². The number of carbonyl (C=O) groups excluding carboxylic acids is 1. The van der Waals surface area contributed by atoms with E-state index >= 15 is 0 Å². The summed E-state index contributed by atoms with van der Waals surface area (Å²) < 4.78 is 26.6. The molecule has 0 bridgehead atoms. The van der Waals surface area contributed by atoms with Gasteiger partial charge in [0, 0.05) is 44.7 Å². The van der Waals surface area contributed by atoms with Crippen molar-refractivity contribution in [3.05, 3.63) is 53.9 Å². The molecule has 2 heterocycles. The molecule has 1 amide bonds. The fraction of sp³-hybridized carbons (Fsp3) is 0.389. The number of amides is 1. The molecule has 2 aromatic rings. The summed E-state index contributed by atoms with van der Waals surface area (Å²) in [5.41, 5.74) is -0.448. The Hall–Kier alpha value is -2.61. The van der Waals surface area contributed by atoms with Crippen LogP contribution in [-0.2, 0) is 11.3 Å². The summed E-state index contributed by atoms with van der Waals surface area (Å²) in [5.74, 6) is -1.10. The Balaban J connectivity index is 1.70. The van der Waals surface area contributed by atoms with Gasteiger partial charge >= 0.3 is 0 Å². The normalized spacial score (nSPS) is 19.6. The molecular weight excluding hydrogens is 342 g/mol. The maximum absolute atomic E-state index is 13.3. The number of rotatable bonds is 6. The van der Waals surface area contributed by atoms with Gasteiger partial charge in [-0.05, 0) is 36.6 Å². The standard InChI is InChI=1S/C18H20F2N4O2/c19-14-8-13(9-15(20)10-14)11-23-16(26)18(3-7-25)2-6-24(12-18)17-21-4-1-5-22-17/h1,4-5,8-10,25H,2-3,6-7,11-12H2,(H,23,26). The number of nitrogens with zero attached hydrogens (tertiary/aromatic N) is 3. The minimum absolute atomic E-state index is 0.0164. The number of aromatic nitrogens is 2. The lowest BCUT2D eigenvalue weighted by molar-refractivity contribution is -0.131. The number of anilines is 1. The van der Waals surface area contributed by atoms with Crippen LogP contribution in [0.2, 0.25) is 0 Å². The molecule has 1 aliphatic rings. The lowest BCUT2D eigenvalue weighted by Gasteiger charge is -2.27. The van der Waals surface area contributed by atoms with Crippen LogP contribution >= 0.6 is 0 Å². The molecule has 1 aromatic carbocycles. The van der Waals surface area contributed by atoms with Crippen molar-refractivity contribution < 1.29 is 18.7 Å². The minimum Gasteiger partial charge on any atom is -0.396 e. The highest BCUT2D eigenvalue weighted by molar-refractivity contribution is 5.84. The van der Waals surface area contributed by atoms with E-state index in [1.807, 2.05) is 4.90 Å². The molecule has 1 aromatic heterocycles. The lowest BCUT2D eigenvalue weighted by atomic mass is 9.82. The molecule has 26 heavy (non-hydrogen) atoms. The highest BCUT2D eigenvalue weighted by atomic mass is 19.1. The van der Waals surface area contributed by atoms with Gasteiger partial charge in [0.2, 0.25) is 11.9 Å². The van der Waals surface area contributed by atoms with Gasteiger partial charge in [0.1, 0.15) is 11.6 Å². The first kappa shape index (κ1) is 18.2. The van der Waals surface area contributed by atoms with Crippen LogP contribution in [0.1, 0.15) is 18.4 Å². The van der Waals surface area contributed by atoms with E-state index in [1.165, 1.54) is 12.1 Å². The second-order valence-electron chi connectivity index (χ2n) is 6.43. The van der Waals surface area contributed by atoms with Gasteiger partial charge in [-0.1, -0.05) is 0 Å². The SMILES string of the molecule is O=C(NCc1cc(F)cc(F)c1)C1(CCO)CCN(c2ncccn2)C1. The first-order chi connectivity index (χ1) is 12.5. The fourth-order valence-corrected chi connectivity index (χ4v) is 3.30. The summed E-state index contributed by atoms with van der Waals surface area (Å²) in [5, 5.41) is 12.2. The number of carbonyl (C=O) groups is 1. The number of halogens is 2. The maximum Gasteiger partial charge on any atom is 0.228 e. The lowest BCUT2D eigenvalue weighted by Crippen LogP contribution is -2.43. The number of aliphatic hydroxyl groups is 1. The third-order valence-corrected chi connectivity index (χ3v) is 4.64. The van der Waals surface area contributed by atoms with Crippen LogP contribution in [0.5, 0.6) is 0 Å². The molecule has 6 nitrogen and oxygen atoms in total. The van der Waals surface area contributed by atoms with Gasteiger partial charge in [-0.15, -0.1) is 0 Å². The average molecular weight is 362 g/mol. The van der Waals surface area contributed by atoms with E-state index in [-0.39, 0.29) is 19.1 Å². The zero-order chi connectivity index (χ0) is 18.6. The third-order valence-electron chi connectivity index (χ3n) is 4.64. The van der Waals surface area contributed by atoms with Crippen LogP contribution in [0, 0.1) is 17.0 Å². The predicted molar refractivity (Wildman–Crippen MR) is 91.2 cm³/mol. The van der Waals surface area contributed by atoms with E-state index in [1.54, 1.807) is 18.5 Å². The second kappa shape index (κ2) is 7.74. The Bertz CT molecular complexity index is 755.